The predicted octanol–water partition coefficient (Wildman–Crippen LogP) is 3.74. The van der Waals surface area contributed by atoms with Crippen molar-refractivity contribution in [1.82, 2.24) is 44.5 Å². The molecular formula is C44H54F2N12O7. The van der Waals surface area contributed by atoms with Crippen molar-refractivity contribution in [2.75, 3.05) is 61.5 Å². The molecule has 0 aromatic carbocycles. The Balaban J connectivity index is 0.723. The highest BCUT2D eigenvalue weighted by molar-refractivity contribution is 6.08. The van der Waals surface area contributed by atoms with E-state index in [2.05, 4.69) is 41.3 Å². The fraction of sp³-hybridized carbons (Fsp3) is 0.523. The van der Waals surface area contributed by atoms with Crippen molar-refractivity contribution in [1.29, 1.82) is 0 Å². The molecule has 4 fully saturated rings. The lowest BCUT2D eigenvalue weighted by Gasteiger charge is -2.36. The van der Waals surface area contributed by atoms with Crippen molar-refractivity contribution in [3.63, 3.8) is 0 Å². The normalized spacial score (nSPS) is 24.2. The molecular weight excluding hydrogens is 847 g/mol. The first-order valence-electron chi connectivity index (χ1n) is 22.4. The molecule has 4 aromatic heterocycles. The van der Waals surface area contributed by atoms with Gasteiger partial charge in [0.1, 0.15) is 30.3 Å². The summed E-state index contributed by atoms with van der Waals surface area (Å²) >= 11 is 0. The molecule has 2 amide bonds. The number of halogens is 2. The Morgan fingerprint density at radius 3 is 2.68 bits per heavy atom. The highest BCUT2D eigenvalue weighted by Crippen LogP contribution is 2.36. The van der Waals surface area contributed by atoms with Gasteiger partial charge in [-0.1, -0.05) is 0 Å². The van der Waals surface area contributed by atoms with Gasteiger partial charge in [-0.05, 0) is 76.5 Å². The lowest BCUT2D eigenvalue weighted by molar-refractivity contribution is -0.137. The Labute approximate surface area is 372 Å². The second-order valence-corrected chi connectivity index (χ2v) is 17.6. The Morgan fingerprint density at radius 2 is 1.91 bits per heavy atom. The molecule has 4 aliphatic heterocycles. The van der Waals surface area contributed by atoms with Crippen molar-refractivity contribution in [3.8, 4) is 0 Å². The minimum absolute atomic E-state index is 0.0267. The van der Waals surface area contributed by atoms with E-state index in [1.165, 1.54) is 35.2 Å². The number of ether oxygens (including phenoxy) is 2. The number of nitrogens with zero attached hydrogens (tertiary/aromatic N) is 8. The number of hydrogen-bond donors (Lipinski definition) is 5. The van der Waals surface area contributed by atoms with Crippen LogP contribution in [0.3, 0.4) is 0 Å². The monoisotopic (exact) mass is 900 g/mol. The third-order valence-electron chi connectivity index (χ3n) is 13.1. The number of anilines is 3. The molecule has 9 rings (SSSR count). The standard InChI is InChI=1S/C44H54F2N12O7/c1-26-36(16-31(18-48-26)54-12-2-3-28(20-54)43(62)50-29-6-9-38(59)55(21-29)24-39(60)61)64-14-11-47-17-27-4-7-30(8-5-27)58-23-35(40(53-58)41(45)46)51-44(63)34-19-49-57-13-10-37(52-42(34)57)56-22-33-15-32(56)25-65-33/h6,9-10,13,16,18-19,21,23,26-28,30,32-33,41,47-48H,2-5,7-8,11-12,14-15,17,20,22,24-25H2,1H3,(H,50,62)(H,51,63)(H,60,61)/t26?,27?,28-,30?,32+,33+/m0/s1. The Bertz CT molecular complexity index is 2530. The third kappa shape index (κ3) is 9.85. The number of dihydropyridines is 1. The van der Waals surface area contributed by atoms with E-state index in [9.17, 15) is 28.0 Å². The number of amides is 2. The summed E-state index contributed by atoms with van der Waals surface area (Å²) in [5, 5.41) is 30.0. The number of aliphatic carboxylic acids is 1. The number of carboxylic acids is 1. The van der Waals surface area contributed by atoms with Gasteiger partial charge >= 0.3 is 5.97 Å². The van der Waals surface area contributed by atoms with Gasteiger partial charge in [0.25, 0.3) is 17.9 Å². The molecule has 21 heteroatoms. The number of morpholine rings is 1. The Morgan fingerprint density at radius 1 is 1.06 bits per heavy atom. The number of pyridine rings is 1. The van der Waals surface area contributed by atoms with E-state index in [0.29, 0.717) is 50.0 Å². The molecule has 0 radical (unpaired) electrons. The molecule has 65 heavy (non-hydrogen) atoms. The van der Waals surface area contributed by atoms with Crippen LogP contribution in [0.1, 0.15) is 80.4 Å². The zero-order valence-corrected chi connectivity index (χ0v) is 36.1. The van der Waals surface area contributed by atoms with Crippen molar-refractivity contribution in [2.45, 2.75) is 89.1 Å². The smallest absolute Gasteiger partial charge is 0.323 e. The minimum Gasteiger partial charge on any atom is -0.494 e. The summed E-state index contributed by atoms with van der Waals surface area (Å²) in [6, 6.07) is 4.69. The highest BCUT2D eigenvalue weighted by Gasteiger charge is 2.40. The second kappa shape index (κ2) is 19.0. The molecule has 346 valence electrons. The summed E-state index contributed by atoms with van der Waals surface area (Å²) < 4.78 is 44.6. The molecule has 3 saturated heterocycles. The van der Waals surface area contributed by atoms with Crippen LogP contribution in [0.15, 0.2) is 71.5 Å². The van der Waals surface area contributed by atoms with E-state index in [1.807, 2.05) is 25.3 Å². The van der Waals surface area contributed by atoms with Gasteiger partial charge in [-0.25, -0.2) is 18.3 Å². The van der Waals surface area contributed by atoms with Gasteiger partial charge in [-0.3, -0.25) is 23.9 Å². The quantitative estimate of drug-likeness (QED) is 0.101. The predicted molar refractivity (Wildman–Crippen MR) is 233 cm³/mol. The van der Waals surface area contributed by atoms with E-state index in [-0.39, 0.29) is 47.3 Å². The largest absolute Gasteiger partial charge is 0.494 e. The summed E-state index contributed by atoms with van der Waals surface area (Å²) in [7, 11) is 0. The molecule has 0 spiro atoms. The molecule has 5 aliphatic rings. The Kier molecular flexibility index (Phi) is 12.8. The fourth-order valence-corrected chi connectivity index (χ4v) is 9.56. The molecule has 4 atom stereocenters. The number of hydrogen-bond acceptors (Lipinski definition) is 13. The molecule has 5 N–H and O–H groups in total. The first kappa shape index (κ1) is 43.9. The van der Waals surface area contributed by atoms with Crippen molar-refractivity contribution in [3.05, 3.63) is 88.3 Å². The molecule has 19 nitrogen and oxygen atoms in total. The summed E-state index contributed by atoms with van der Waals surface area (Å²) in [5.74, 6) is -0.328. The number of carbonyl (C=O) groups is 3. The number of aromatic nitrogens is 6. The summed E-state index contributed by atoms with van der Waals surface area (Å²) in [5.41, 5.74) is 0.847. The topological polar surface area (TPSA) is 215 Å². The van der Waals surface area contributed by atoms with E-state index < -0.39 is 36.1 Å². The number of nitrogens with one attached hydrogen (secondary N) is 4. The minimum atomic E-state index is -2.88. The van der Waals surface area contributed by atoms with Gasteiger partial charge in [0.05, 0.1) is 60.0 Å². The van der Waals surface area contributed by atoms with E-state index >= 15 is 0 Å². The number of rotatable bonds is 16. The van der Waals surface area contributed by atoms with Gasteiger partial charge in [0.2, 0.25) is 5.91 Å². The van der Waals surface area contributed by atoms with Gasteiger partial charge in [-0.15, -0.1) is 0 Å². The summed E-state index contributed by atoms with van der Waals surface area (Å²) in [4.78, 5) is 59.0. The van der Waals surface area contributed by atoms with Crippen LogP contribution in [0.2, 0.25) is 0 Å². The number of fused-ring (bicyclic) bond motifs is 3. The number of carbonyl (C=O) groups excluding carboxylic acids is 2. The van der Waals surface area contributed by atoms with Crippen LogP contribution in [-0.2, 0) is 25.6 Å². The van der Waals surface area contributed by atoms with E-state index in [1.54, 1.807) is 10.9 Å². The number of likely N-dealkylation sites (tertiary alicyclic amines) is 1. The molecule has 1 saturated carbocycles. The number of allylic oxidation sites excluding steroid dienone is 1. The van der Waals surface area contributed by atoms with Crippen LogP contribution in [0, 0.1) is 11.8 Å². The number of carboxylic acid groups (broad SMARTS) is 1. The maximum absolute atomic E-state index is 14.3. The fourth-order valence-electron chi connectivity index (χ4n) is 9.56. The zero-order chi connectivity index (χ0) is 45.2. The van der Waals surface area contributed by atoms with Crippen LogP contribution < -0.4 is 31.7 Å². The molecule has 1 unspecified atom stereocenters. The molecule has 2 bridgehead atoms. The SMILES string of the molecule is CC1NC=C(N2CCC[C@H](C(=O)Nc3ccc(=O)n(CC(=O)O)c3)C2)C=C1OCCNCC1CCC(n2cc(NC(=O)c3cnn4ccc(N5C[C@H]6C[C@@H]5CO6)nc34)c(C(F)F)n2)CC1. The summed E-state index contributed by atoms with van der Waals surface area (Å²) in [6.07, 6.45) is 13.0. The Hall–Kier alpha value is -6.35. The van der Waals surface area contributed by atoms with E-state index in [4.69, 9.17) is 19.6 Å². The van der Waals surface area contributed by atoms with Crippen LogP contribution in [0.4, 0.5) is 26.0 Å². The van der Waals surface area contributed by atoms with Crippen LogP contribution in [-0.4, -0.2) is 121 Å². The summed E-state index contributed by atoms with van der Waals surface area (Å²) in [6.45, 7) is 6.02. The number of alkyl halides is 2. The van der Waals surface area contributed by atoms with Crippen LogP contribution in [0.5, 0.6) is 0 Å². The maximum Gasteiger partial charge on any atom is 0.323 e. The van der Waals surface area contributed by atoms with Crippen LogP contribution >= 0.6 is 0 Å². The number of piperidine rings is 1. The average Bonchev–Trinajstić information content (AvgIpc) is 4.13. The molecule has 8 heterocycles. The van der Waals surface area contributed by atoms with E-state index in [0.717, 1.165) is 80.0 Å². The highest BCUT2D eigenvalue weighted by atomic mass is 19.3. The van der Waals surface area contributed by atoms with Gasteiger partial charge < -0.3 is 50.2 Å². The lowest BCUT2D eigenvalue weighted by atomic mass is 9.86. The van der Waals surface area contributed by atoms with Crippen molar-refractivity contribution >= 4 is 40.6 Å². The zero-order valence-electron chi connectivity index (χ0n) is 36.1. The average molecular weight is 901 g/mol. The van der Waals surface area contributed by atoms with Crippen molar-refractivity contribution < 1.29 is 37.7 Å². The second-order valence-electron chi connectivity index (χ2n) is 17.6. The lowest BCUT2D eigenvalue weighted by Crippen LogP contribution is -2.42. The third-order valence-corrected chi connectivity index (χ3v) is 13.1. The molecule has 1 aliphatic carbocycles. The van der Waals surface area contributed by atoms with Gasteiger partial charge in [0, 0.05) is 63.1 Å². The maximum atomic E-state index is 14.3. The van der Waals surface area contributed by atoms with Crippen LogP contribution in [0.25, 0.3) is 5.65 Å². The molecule has 4 aromatic rings. The first-order chi connectivity index (χ1) is 31.4. The first-order valence-corrected chi connectivity index (χ1v) is 22.4. The van der Waals surface area contributed by atoms with Crippen molar-refractivity contribution in [2.24, 2.45) is 11.8 Å². The van der Waals surface area contributed by atoms with Gasteiger partial charge in [-0.2, -0.15) is 10.2 Å². The van der Waals surface area contributed by atoms with Gasteiger partial charge in [0.15, 0.2) is 11.3 Å².